The van der Waals surface area contributed by atoms with E-state index in [0.29, 0.717) is 22.1 Å². The molecule has 0 aliphatic rings. The third-order valence-corrected chi connectivity index (χ3v) is 6.87. The summed E-state index contributed by atoms with van der Waals surface area (Å²) in [6.07, 6.45) is 0.790. The molecular weight excluding hydrogens is 530 g/mol. The molecule has 2 aromatic carbocycles. The van der Waals surface area contributed by atoms with E-state index in [1.165, 1.54) is 11.3 Å². The fraction of sp³-hybridized carbons (Fsp3) is 0.207. The number of pyridine rings is 1. The number of thiazole rings is 1. The summed E-state index contributed by atoms with van der Waals surface area (Å²) >= 11 is 1.28. The zero-order valence-electron chi connectivity index (χ0n) is 22.0. The Morgan fingerprint density at radius 2 is 1.77 bits per heavy atom. The van der Waals surface area contributed by atoms with Crippen molar-refractivity contribution in [3.8, 4) is 22.4 Å². The van der Waals surface area contributed by atoms with Gasteiger partial charge in [0, 0.05) is 28.1 Å². The monoisotopic (exact) mass is 559 g/mol. The number of amides is 3. The van der Waals surface area contributed by atoms with Crippen molar-refractivity contribution in [1.29, 1.82) is 0 Å². The molecule has 0 saturated carbocycles. The summed E-state index contributed by atoms with van der Waals surface area (Å²) < 4.78 is 4.93. The van der Waals surface area contributed by atoms with Crippen molar-refractivity contribution in [2.75, 3.05) is 18.5 Å². The van der Waals surface area contributed by atoms with Crippen LogP contribution < -0.4 is 16.4 Å². The molecule has 0 spiro atoms. The minimum Gasteiger partial charge on any atom is -0.449 e. The molecule has 0 aliphatic heterocycles. The molecule has 0 fully saturated rings. The summed E-state index contributed by atoms with van der Waals surface area (Å²) in [6.45, 7) is 3.42. The van der Waals surface area contributed by atoms with Crippen LogP contribution in [-0.4, -0.2) is 46.1 Å². The van der Waals surface area contributed by atoms with Crippen LogP contribution in [0, 0.1) is 0 Å². The smallest absolute Gasteiger partial charge is 0.404 e. The molecular formula is C29H29N5O5S. The number of hydrogen-bond donors (Lipinski definition) is 4. The van der Waals surface area contributed by atoms with E-state index in [1.807, 2.05) is 61.7 Å². The minimum absolute atomic E-state index is 0.0598. The quantitative estimate of drug-likeness (QED) is 0.228. The van der Waals surface area contributed by atoms with Gasteiger partial charge in [-0.05, 0) is 47.0 Å². The van der Waals surface area contributed by atoms with Crippen LogP contribution in [0.15, 0.2) is 72.2 Å². The first-order valence-corrected chi connectivity index (χ1v) is 13.3. The molecule has 0 aliphatic carbocycles. The average Bonchev–Trinajstić information content (AvgIpc) is 3.43. The van der Waals surface area contributed by atoms with Gasteiger partial charge in [0.2, 0.25) is 5.91 Å². The number of anilines is 1. The maximum absolute atomic E-state index is 12.7. The van der Waals surface area contributed by atoms with Gasteiger partial charge >= 0.3 is 6.09 Å². The van der Waals surface area contributed by atoms with Crippen LogP contribution in [-0.2, 0) is 21.6 Å². The summed E-state index contributed by atoms with van der Waals surface area (Å²) in [5.74, 6) is -0.830. The number of hydrogen-bond acceptors (Lipinski definition) is 8. The fourth-order valence-electron chi connectivity index (χ4n) is 3.91. The number of carbonyl (C=O) groups excluding carboxylic acids is 3. The molecule has 3 amide bonds. The highest BCUT2D eigenvalue weighted by Crippen LogP contribution is 2.29. The zero-order chi connectivity index (χ0) is 28.7. The number of nitrogens with one attached hydrogen (secondary N) is 2. The van der Waals surface area contributed by atoms with Gasteiger partial charge in [-0.2, -0.15) is 0 Å². The van der Waals surface area contributed by atoms with Gasteiger partial charge in [-0.1, -0.05) is 44.2 Å². The molecule has 0 saturated heterocycles. The van der Waals surface area contributed by atoms with E-state index in [2.05, 4.69) is 20.6 Å². The second-order valence-electron chi connectivity index (χ2n) is 9.62. The van der Waals surface area contributed by atoms with E-state index >= 15 is 0 Å². The molecule has 11 heteroatoms. The Kier molecular flexibility index (Phi) is 8.87. The number of nitrogens with zero attached hydrogens (tertiary/aromatic N) is 2. The number of carbonyl (C=O) groups is 3. The highest BCUT2D eigenvalue weighted by molar-refractivity contribution is 7.14. The first-order valence-electron chi connectivity index (χ1n) is 12.4. The lowest BCUT2D eigenvalue weighted by molar-refractivity contribution is -0.115. The molecule has 206 valence electrons. The Morgan fingerprint density at radius 3 is 2.55 bits per heavy atom. The molecule has 2 heterocycles. The zero-order valence-corrected chi connectivity index (χ0v) is 22.8. The summed E-state index contributed by atoms with van der Waals surface area (Å²) in [6, 6.07) is 18.4. The first-order chi connectivity index (χ1) is 19.1. The summed E-state index contributed by atoms with van der Waals surface area (Å²) in [5.41, 5.74) is 9.68. The average molecular weight is 560 g/mol. The van der Waals surface area contributed by atoms with Gasteiger partial charge in [0.25, 0.3) is 5.91 Å². The SMILES string of the molecule is CC(C)(COC(N)=O)c1cccc(C(=O)NCC(=O)Nc2nc(-c3cccc(-c4ccnc(CO)c4)c3)cs2)c1. The van der Waals surface area contributed by atoms with E-state index in [1.54, 1.807) is 24.4 Å². The molecule has 0 radical (unpaired) electrons. The number of ether oxygens (including phenoxy) is 1. The number of aliphatic hydroxyl groups excluding tert-OH is 1. The van der Waals surface area contributed by atoms with Crippen LogP contribution in [0.3, 0.4) is 0 Å². The standard InChI is InChI=1S/C29H29N5O5S/c1-29(2,17-39-27(30)38)22-8-4-7-21(12-22)26(37)32-14-25(36)34-28-33-24(16-40-28)20-6-3-5-18(11-20)19-9-10-31-23(13-19)15-35/h3-13,16,35H,14-15,17H2,1-2H3,(H2,30,38)(H,32,37)(H,33,34,36). The molecule has 40 heavy (non-hydrogen) atoms. The molecule has 2 aromatic heterocycles. The topological polar surface area (TPSA) is 157 Å². The Hall–Kier alpha value is -4.61. The lowest BCUT2D eigenvalue weighted by atomic mass is 9.84. The van der Waals surface area contributed by atoms with E-state index in [-0.39, 0.29) is 19.8 Å². The minimum atomic E-state index is -0.865. The molecule has 4 rings (SSSR count). The highest BCUT2D eigenvalue weighted by atomic mass is 32.1. The Morgan fingerprint density at radius 1 is 1.02 bits per heavy atom. The Labute approximate surface area is 235 Å². The van der Waals surface area contributed by atoms with E-state index in [4.69, 9.17) is 10.5 Å². The van der Waals surface area contributed by atoms with Crippen molar-refractivity contribution in [3.05, 3.63) is 89.1 Å². The lowest BCUT2D eigenvalue weighted by Gasteiger charge is -2.24. The summed E-state index contributed by atoms with van der Waals surface area (Å²) in [5, 5.41) is 17.0. The number of rotatable bonds is 10. The molecule has 4 aromatic rings. The third kappa shape index (κ3) is 7.28. The molecule has 10 nitrogen and oxygen atoms in total. The van der Waals surface area contributed by atoms with E-state index in [9.17, 15) is 19.5 Å². The van der Waals surface area contributed by atoms with Crippen molar-refractivity contribution < 1.29 is 24.2 Å². The van der Waals surface area contributed by atoms with E-state index < -0.39 is 23.3 Å². The fourth-order valence-corrected chi connectivity index (χ4v) is 4.64. The number of nitrogens with two attached hydrogens (primary N) is 1. The Bertz CT molecular complexity index is 1530. The van der Waals surface area contributed by atoms with Crippen LogP contribution in [0.2, 0.25) is 0 Å². The van der Waals surface area contributed by atoms with Gasteiger partial charge < -0.3 is 26.2 Å². The number of benzene rings is 2. The lowest BCUT2D eigenvalue weighted by Crippen LogP contribution is -2.33. The largest absolute Gasteiger partial charge is 0.449 e. The van der Waals surface area contributed by atoms with Gasteiger partial charge in [-0.3, -0.25) is 14.6 Å². The predicted octanol–water partition coefficient (Wildman–Crippen LogP) is 4.11. The van der Waals surface area contributed by atoms with Crippen molar-refractivity contribution in [2.45, 2.75) is 25.9 Å². The van der Waals surface area contributed by atoms with Crippen LogP contribution in [0.25, 0.3) is 22.4 Å². The normalized spacial score (nSPS) is 11.1. The van der Waals surface area contributed by atoms with Crippen molar-refractivity contribution in [1.82, 2.24) is 15.3 Å². The van der Waals surface area contributed by atoms with Crippen LogP contribution in [0.4, 0.5) is 9.93 Å². The highest BCUT2D eigenvalue weighted by Gasteiger charge is 2.23. The van der Waals surface area contributed by atoms with Gasteiger partial charge in [0.05, 0.1) is 24.5 Å². The van der Waals surface area contributed by atoms with Crippen molar-refractivity contribution in [3.63, 3.8) is 0 Å². The number of primary amides is 1. The predicted molar refractivity (Wildman–Crippen MR) is 153 cm³/mol. The summed E-state index contributed by atoms with van der Waals surface area (Å²) in [4.78, 5) is 44.8. The van der Waals surface area contributed by atoms with Crippen molar-refractivity contribution in [2.24, 2.45) is 5.73 Å². The molecule has 5 N–H and O–H groups in total. The maximum atomic E-state index is 12.7. The van der Waals surface area contributed by atoms with Gasteiger partial charge in [-0.25, -0.2) is 9.78 Å². The molecule has 0 atom stereocenters. The van der Waals surface area contributed by atoms with Crippen LogP contribution in [0.1, 0.15) is 35.5 Å². The second kappa shape index (κ2) is 12.5. The van der Waals surface area contributed by atoms with Gasteiger partial charge in [0.15, 0.2) is 5.13 Å². The summed E-state index contributed by atoms with van der Waals surface area (Å²) in [7, 11) is 0. The number of aliphatic hydroxyl groups is 1. The van der Waals surface area contributed by atoms with Crippen molar-refractivity contribution >= 4 is 34.4 Å². The molecule has 0 unspecified atom stereocenters. The first kappa shape index (κ1) is 28.4. The molecule has 0 bridgehead atoms. The second-order valence-corrected chi connectivity index (χ2v) is 10.5. The third-order valence-electron chi connectivity index (χ3n) is 6.11. The maximum Gasteiger partial charge on any atom is 0.404 e. The van der Waals surface area contributed by atoms with Crippen LogP contribution in [0.5, 0.6) is 0 Å². The van der Waals surface area contributed by atoms with E-state index in [0.717, 1.165) is 22.3 Å². The van der Waals surface area contributed by atoms with Gasteiger partial charge in [-0.15, -0.1) is 11.3 Å². The van der Waals surface area contributed by atoms with Crippen LogP contribution >= 0.6 is 11.3 Å². The van der Waals surface area contributed by atoms with Gasteiger partial charge in [0.1, 0.15) is 6.61 Å². The Balaban J connectivity index is 1.35. The number of aromatic nitrogens is 2.